The van der Waals surface area contributed by atoms with E-state index in [0.29, 0.717) is 30.0 Å². The molecule has 3 saturated carbocycles. The lowest BCUT2D eigenvalue weighted by molar-refractivity contribution is -0.114. The second-order valence-corrected chi connectivity index (χ2v) is 13.0. The summed E-state index contributed by atoms with van der Waals surface area (Å²) < 4.78 is 0. The van der Waals surface area contributed by atoms with Gasteiger partial charge >= 0.3 is 0 Å². The molecule has 0 aromatic heterocycles. The topological polar surface area (TPSA) is 37.3 Å². The van der Waals surface area contributed by atoms with Crippen molar-refractivity contribution in [2.75, 3.05) is 0 Å². The molecule has 2 nitrogen and oxygen atoms in total. The van der Waals surface area contributed by atoms with Crippen molar-refractivity contribution >= 4 is 5.78 Å². The zero-order chi connectivity index (χ0) is 25.0. The van der Waals surface area contributed by atoms with Crippen LogP contribution in [0.4, 0.5) is 0 Å². The number of hydrogen-bond donors (Lipinski definition) is 1. The minimum absolute atomic E-state index is 0.0285. The van der Waals surface area contributed by atoms with Crippen molar-refractivity contribution in [2.45, 2.75) is 103 Å². The van der Waals surface area contributed by atoms with E-state index in [-0.39, 0.29) is 16.9 Å². The maximum atomic E-state index is 12.1. The molecule has 1 N–H and O–H groups in total. The molecule has 5 aliphatic rings. The number of benzene rings is 1. The monoisotopic (exact) mass is 470 g/mol. The van der Waals surface area contributed by atoms with E-state index in [1.807, 2.05) is 26.8 Å². The van der Waals surface area contributed by atoms with Gasteiger partial charge in [-0.25, -0.2) is 0 Å². The zero-order valence-electron chi connectivity index (χ0n) is 22.1. The molecular formula is C33H42O2. The number of carbonyl (C=O) groups is 1. The van der Waals surface area contributed by atoms with Gasteiger partial charge < -0.3 is 5.11 Å². The predicted molar refractivity (Wildman–Crippen MR) is 143 cm³/mol. The fourth-order valence-electron chi connectivity index (χ4n) is 7.38. The summed E-state index contributed by atoms with van der Waals surface area (Å²) in [5.74, 6) is 5.27. The summed E-state index contributed by atoms with van der Waals surface area (Å²) >= 11 is 0. The molecule has 6 rings (SSSR count). The Labute approximate surface area is 212 Å². The number of rotatable bonds is 2. The van der Waals surface area contributed by atoms with Gasteiger partial charge in [-0.15, -0.1) is 12.3 Å². The Kier molecular flexibility index (Phi) is 6.38. The lowest BCUT2D eigenvalue weighted by Crippen LogP contribution is -2.45. The lowest BCUT2D eigenvalue weighted by Gasteiger charge is -2.52. The van der Waals surface area contributed by atoms with E-state index in [1.165, 1.54) is 35.1 Å². The van der Waals surface area contributed by atoms with Crippen LogP contribution in [-0.2, 0) is 4.79 Å². The molecule has 3 fully saturated rings. The van der Waals surface area contributed by atoms with Crippen LogP contribution in [0.1, 0.15) is 108 Å². The van der Waals surface area contributed by atoms with Crippen LogP contribution in [0.5, 0.6) is 0 Å². The van der Waals surface area contributed by atoms with Crippen molar-refractivity contribution in [3.63, 3.8) is 0 Å². The average molecular weight is 471 g/mol. The van der Waals surface area contributed by atoms with Gasteiger partial charge in [-0.1, -0.05) is 36.8 Å². The Hall–Kier alpha value is -2.11. The van der Waals surface area contributed by atoms with E-state index in [2.05, 4.69) is 37.1 Å². The van der Waals surface area contributed by atoms with Crippen molar-refractivity contribution in [3.05, 3.63) is 58.2 Å². The highest BCUT2D eigenvalue weighted by Gasteiger charge is 2.56. The van der Waals surface area contributed by atoms with Crippen LogP contribution in [-0.4, -0.2) is 17.0 Å². The molecule has 5 unspecified atom stereocenters. The summed E-state index contributed by atoms with van der Waals surface area (Å²) in [5, 5.41) is 11.0. The van der Waals surface area contributed by atoms with E-state index in [9.17, 15) is 9.90 Å². The Morgan fingerprint density at radius 3 is 2.43 bits per heavy atom. The van der Waals surface area contributed by atoms with Crippen LogP contribution in [0.3, 0.4) is 0 Å². The molecule has 1 aromatic carbocycles. The molecule has 5 atom stereocenters. The van der Waals surface area contributed by atoms with Crippen LogP contribution >= 0.6 is 0 Å². The highest BCUT2D eigenvalue weighted by molar-refractivity contribution is 5.93. The van der Waals surface area contributed by atoms with Crippen molar-refractivity contribution < 1.29 is 9.90 Å². The molecule has 0 saturated heterocycles. The van der Waals surface area contributed by atoms with Gasteiger partial charge in [-0.2, -0.15) is 0 Å². The third-order valence-electron chi connectivity index (χ3n) is 9.48. The quantitative estimate of drug-likeness (QED) is 0.455. The normalized spacial score (nSPS) is 34.1. The van der Waals surface area contributed by atoms with Crippen LogP contribution < -0.4 is 0 Å². The Bertz CT molecular complexity index is 1100. The lowest BCUT2D eigenvalue weighted by atomic mass is 9.53. The predicted octanol–water partition coefficient (Wildman–Crippen LogP) is 7.49. The van der Waals surface area contributed by atoms with E-state index >= 15 is 0 Å². The molecule has 0 heterocycles. The molecule has 0 radical (unpaired) electrons. The van der Waals surface area contributed by atoms with E-state index in [0.717, 1.165) is 44.4 Å². The van der Waals surface area contributed by atoms with Crippen molar-refractivity contribution in [1.82, 2.24) is 0 Å². The van der Waals surface area contributed by atoms with Gasteiger partial charge in [0.2, 0.25) is 0 Å². The summed E-state index contributed by atoms with van der Waals surface area (Å²) in [7, 11) is 0. The number of hydrogen-bond acceptors (Lipinski definition) is 2. The van der Waals surface area contributed by atoms with Gasteiger partial charge in [0.25, 0.3) is 0 Å². The number of allylic oxidation sites excluding steroid dienone is 4. The Balaban J connectivity index is 0.000000380. The number of aliphatic hydroxyl groups excluding tert-OH is 1. The first-order valence-electron chi connectivity index (χ1n) is 13.8. The van der Waals surface area contributed by atoms with Gasteiger partial charge in [0.05, 0.1) is 6.10 Å². The smallest absolute Gasteiger partial charge is 0.156 e. The fourth-order valence-corrected chi connectivity index (χ4v) is 7.38. The van der Waals surface area contributed by atoms with Gasteiger partial charge in [0, 0.05) is 17.8 Å². The van der Waals surface area contributed by atoms with Crippen molar-refractivity contribution in [2.24, 2.45) is 22.7 Å². The van der Waals surface area contributed by atoms with Gasteiger partial charge in [-0.05, 0) is 124 Å². The number of aliphatic hydroxyl groups is 1. The fraction of sp³-hybridized carbons (Fsp3) is 0.606. The van der Waals surface area contributed by atoms with Crippen LogP contribution in [0.15, 0.2) is 47.1 Å². The first-order chi connectivity index (χ1) is 16.6. The standard InChI is InChI=1S/C27H32O2.C6H10/c1-27-15-23(18-4-2-3-17(13-18)16-5-6-16)26-21-10-8-20(28)14-19(21)7-9-22(26)24(27)11-12-25(27)29;1-5-6(2,3)4/h2-4,13-14,16,22-25,29H,5-12,15H2,1H3;1H,2-4H3. The molecule has 186 valence electrons. The first kappa shape index (κ1) is 24.6. The Morgan fingerprint density at radius 1 is 1.03 bits per heavy atom. The molecule has 0 spiro atoms. The third kappa shape index (κ3) is 4.70. The number of terminal acetylenes is 1. The number of fused-ring (bicyclic) bond motifs is 4. The highest BCUT2D eigenvalue weighted by Crippen LogP contribution is 2.64. The molecule has 35 heavy (non-hydrogen) atoms. The number of carbonyl (C=O) groups excluding carboxylic acids is 1. The maximum absolute atomic E-state index is 12.1. The minimum atomic E-state index is -0.168. The zero-order valence-corrected chi connectivity index (χ0v) is 22.1. The highest BCUT2D eigenvalue weighted by atomic mass is 16.3. The van der Waals surface area contributed by atoms with Crippen LogP contribution in [0.25, 0.3) is 0 Å². The second-order valence-electron chi connectivity index (χ2n) is 13.0. The third-order valence-corrected chi connectivity index (χ3v) is 9.48. The largest absolute Gasteiger partial charge is 0.393 e. The van der Waals surface area contributed by atoms with Gasteiger partial charge in [0.15, 0.2) is 5.78 Å². The second kappa shape index (κ2) is 9.08. The maximum Gasteiger partial charge on any atom is 0.156 e. The first-order valence-corrected chi connectivity index (χ1v) is 13.8. The molecule has 2 heteroatoms. The summed E-state index contributed by atoms with van der Waals surface area (Å²) in [6.45, 7) is 8.39. The van der Waals surface area contributed by atoms with Crippen molar-refractivity contribution in [3.8, 4) is 12.3 Å². The SMILES string of the molecule is C#CC(C)(C)C.CC12CC(c3cccc(C4CC4)c3)C3=C4CCC(=O)C=C4CCC3C1CCC2O. The van der Waals surface area contributed by atoms with Crippen LogP contribution in [0.2, 0.25) is 0 Å². The summed E-state index contributed by atoms with van der Waals surface area (Å²) in [5.41, 5.74) is 7.57. The summed E-state index contributed by atoms with van der Waals surface area (Å²) in [6.07, 6.45) is 16.5. The molecular weight excluding hydrogens is 428 g/mol. The van der Waals surface area contributed by atoms with Gasteiger partial charge in [-0.3, -0.25) is 4.79 Å². The molecule has 0 aliphatic heterocycles. The van der Waals surface area contributed by atoms with Gasteiger partial charge in [0.1, 0.15) is 0 Å². The molecule has 1 aromatic rings. The van der Waals surface area contributed by atoms with E-state index in [4.69, 9.17) is 6.42 Å². The molecule has 5 aliphatic carbocycles. The molecule has 0 amide bonds. The van der Waals surface area contributed by atoms with Crippen molar-refractivity contribution in [1.29, 1.82) is 0 Å². The van der Waals surface area contributed by atoms with E-state index < -0.39 is 0 Å². The summed E-state index contributed by atoms with van der Waals surface area (Å²) in [6, 6.07) is 9.37. The summed E-state index contributed by atoms with van der Waals surface area (Å²) in [4.78, 5) is 12.1. The Morgan fingerprint density at radius 2 is 1.74 bits per heavy atom. The van der Waals surface area contributed by atoms with Crippen LogP contribution in [0, 0.1) is 35.0 Å². The average Bonchev–Trinajstić information content (AvgIpc) is 3.63. The van der Waals surface area contributed by atoms with E-state index in [1.54, 1.807) is 5.57 Å². The minimum Gasteiger partial charge on any atom is -0.393 e. The molecule has 0 bridgehead atoms. The number of ketones is 1.